The van der Waals surface area contributed by atoms with E-state index in [4.69, 9.17) is 4.74 Å². The molecule has 2 aromatic rings. The van der Waals surface area contributed by atoms with Crippen molar-refractivity contribution in [3.05, 3.63) is 35.3 Å². The van der Waals surface area contributed by atoms with Gasteiger partial charge < -0.3 is 20.3 Å². The molecule has 8 nitrogen and oxygen atoms in total. The molecule has 3 amide bonds. The molecule has 1 saturated carbocycles. The average molecular weight is 417 g/mol. The van der Waals surface area contributed by atoms with Gasteiger partial charge in [-0.1, -0.05) is 6.07 Å². The van der Waals surface area contributed by atoms with Crippen molar-refractivity contribution in [2.75, 3.05) is 30.8 Å². The molecule has 1 fully saturated rings. The zero-order valence-electron chi connectivity index (χ0n) is 16.4. The van der Waals surface area contributed by atoms with Crippen molar-refractivity contribution in [3.63, 3.8) is 0 Å². The number of nitrogens with one attached hydrogen (secondary N) is 2. The highest BCUT2D eigenvalue weighted by atomic mass is 32.1. The Hall–Kier alpha value is -2.94. The normalized spacial score (nSPS) is 12.9. The first-order chi connectivity index (χ1) is 14.0. The quantitative estimate of drug-likeness (QED) is 0.654. The summed E-state index contributed by atoms with van der Waals surface area (Å²) in [6.07, 6.45) is 1.92. The van der Waals surface area contributed by atoms with E-state index >= 15 is 0 Å². The summed E-state index contributed by atoms with van der Waals surface area (Å²) in [6.45, 7) is 2.17. The number of nitrogens with zero attached hydrogens (tertiary/aromatic N) is 2. The number of methoxy groups -OCH3 is 1. The van der Waals surface area contributed by atoms with Gasteiger partial charge in [0.2, 0.25) is 17.7 Å². The number of likely N-dealkylation sites (N-methyl/N-ethyl adjacent to an activating group) is 1. The van der Waals surface area contributed by atoms with Crippen molar-refractivity contribution < 1.29 is 19.1 Å². The molecule has 154 valence electrons. The molecule has 0 aliphatic heterocycles. The van der Waals surface area contributed by atoms with Gasteiger partial charge in [0.1, 0.15) is 5.75 Å². The Morgan fingerprint density at radius 3 is 2.76 bits per heavy atom. The summed E-state index contributed by atoms with van der Waals surface area (Å²) in [5.74, 6) is 0.242. The average Bonchev–Trinajstić information content (AvgIpc) is 3.48. The zero-order valence-corrected chi connectivity index (χ0v) is 17.3. The molecule has 0 saturated heterocycles. The minimum absolute atomic E-state index is 0.0124. The Bertz CT molecular complexity index is 894. The zero-order chi connectivity index (χ0) is 20.8. The van der Waals surface area contributed by atoms with Crippen LogP contribution in [0, 0.1) is 5.92 Å². The molecule has 9 heteroatoms. The van der Waals surface area contributed by atoms with Crippen LogP contribution in [-0.4, -0.2) is 47.8 Å². The lowest BCUT2D eigenvalue weighted by molar-refractivity contribution is -0.133. The van der Waals surface area contributed by atoms with Gasteiger partial charge in [-0.2, -0.15) is 0 Å². The Labute approximate surface area is 173 Å². The Morgan fingerprint density at radius 2 is 2.07 bits per heavy atom. The van der Waals surface area contributed by atoms with Crippen molar-refractivity contribution in [1.82, 2.24) is 9.88 Å². The van der Waals surface area contributed by atoms with Crippen LogP contribution in [0.25, 0.3) is 0 Å². The standard InChI is InChI=1S/C20H24N4O4S/c1-3-24(11-17(25)21-14-5-4-6-16(9-14)28-2)18(26)10-15-12-29-20(22-15)23-19(27)13-7-8-13/h4-6,9,12-13H,3,7-8,10-11H2,1-2H3,(H,21,25)(H,22,23,27). The van der Waals surface area contributed by atoms with Gasteiger partial charge in [-0.3, -0.25) is 14.4 Å². The summed E-state index contributed by atoms with van der Waals surface area (Å²) < 4.78 is 5.14. The molecular formula is C20H24N4O4S. The van der Waals surface area contributed by atoms with Crippen molar-refractivity contribution in [1.29, 1.82) is 0 Å². The van der Waals surface area contributed by atoms with E-state index in [1.165, 1.54) is 16.2 Å². The maximum absolute atomic E-state index is 12.6. The molecule has 3 rings (SSSR count). The van der Waals surface area contributed by atoms with E-state index in [1.54, 1.807) is 36.8 Å². The van der Waals surface area contributed by atoms with Crippen LogP contribution in [0.5, 0.6) is 5.75 Å². The third-order valence-corrected chi connectivity index (χ3v) is 5.29. The van der Waals surface area contributed by atoms with Crippen LogP contribution in [0.15, 0.2) is 29.6 Å². The van der Waals surface area contributed by atoms with Crippen LogP contribution >= 0.6 is 11.3 Å². The SMILES string of the molecule is CCN(CC(=O)Nc1cccc(OC)c1)C(=O)Cc1csc(NC(=O)C2CC2)n1. The Balaban J connectivity index is 1.52. The number of carbonyl (C=O) groups excluding carboxylic acids is 3. The fourth-order valence-corrected chi connectivity index (χ4v) is 3.43. The van der Waals surface area contributed by atoms with Crippen LogP contribution in [0.3, 0.4) is 0 Å². The first kappa shape index (κ1) is 20.8. The van der Waals surface area contributed by atoms with Crippen molar-refractivity contribution in [2.24, 2.45) is 5.92 Å². The highest BCUT2D eigenvalue weighted by Gasteiger charge is 2.30. The molecule has 1 heterocycles. The summed E-state index contributed by atoms with van der Waals surface area (Å²) in [4.78, 5) is 42.5. The van der Waals surface area contributed by atoms with Crippen molar-refractivity contribution >= 4 is 39.9 Å². The second-order valence-corrected chi connectivity index (χ2v) is 7.63. The first-order valence-electron chi connectivity index (χ1n) is 9.45. The topological polar surface area (TPSA) is 101 Å². The van der Waals surface area contributed by atoms with Crippen LogP contribution in [0.2, 0.25) is 0 Å². The van der Waals surface area contributed by atoms with E-state index in [-0.39, 0.29) is 36.6 Å². The molecule has 0 spiro atoms. The van der Waals surface area contributed by atoms with Gasteiger partial charge in [0, 0.05) is 29.6 Å². The fourth-order valence-electron chi connectivity index (χ4n) is 2.72. The molecule has 1 aromatic carbocycles. The number of amides is 3. The molecule has 0 radical (unpaired) electrons. The minimum atomic E-state index is -0.288. The number of hydrogen-bond donors (Lipinski definition) is 2. The highest BCUT2D eigenvalue weighted by Crippen LogP contribution is 2.30. The predicted octanol–water partition coefficient (Wildman–Crippen LogP) is 2.53. The summed E-state index contributed by atoms with van der Waals surface area (Å²) in [5.41, 5.74) is 1.19. The van der Waals surface area contributed by atoms with Gasteiger partial charge in [0.25, 0.3) is 0 Å². The molecule has 29 heavy (non-hydrogen) atoms. The van der Waals surface area contributed by atoms with Crippen LogP contribution in [0.4, 0.5) is 10.8 Å². The second kappa shape index (κ2) is 9.51. The highest BCUT2D eigenvalue weighted by molar-refractivity contribution is 7.13. The molecule has 0 unspecified atom stereocenters. The number of benzene rings is 1. The van der Waals surface area contributed by atoms with Gasteiger partial charge in [0.15, 0.2) is 5.13 Å². The van der Waals surface area contributed by atoms with Gasteiger partial charge in [-0.15, -0.1) is 11.3 Å². The number of thiazole rings is 1. The van der Waals surface area contributed by atoms with Crippen molar-refractivity contribution in [2.45, 2.75) is 26.2 Å². The number of anilines is 2. The van der Waals surface area contributed by atoms with E-state index in [0.29, 0.717) is 28.8 Å². The maximum Gasteiger partial charge on any atom is 0.243 e. The summed E-state index contributed by atoms with van der Waals surface area (Å²) in [5, 5.41) is 7.81. The number of rotatable bonds is 9. The summed E-state index contributed by atoms with van der Waals surface area (Å²) >= 11 is 1.30. The van der Waals surface area contributed by atoms with Gasteiger partial charge in [-0.25, -0.2) is 4.98 Å². The number of aromatic nitrogens is 1. The van der Waals surface area contributed by atoms with Gasteiger partial charge in [-0.05, 0) is 31.9 Å². The molecule has 2 N–H and O–H groups in total. The second-order valence-electron chi connectivity index (χ2n) is 6.77. The van der Waals surface area contributed by atoms with Crippen LogP contribution in [0.1, 0.15) is 25.5 Å². The lowest BCUT2D eigenvalue weighted by Gasteiger charge is -2.20. The van der Waals surface area contributed by atoms with Gasteiger partial charge in [0.05, 0.1) is 25.8 Å². The van der Waals surface area contributed by atoms with E-state index in [2.05, 4.69) is 15.6 Å². The molecule has 1 aliphatic carbocycles. The maximum atomic E-state index is 12.6. The lowest BCUT2D eigenvalue weighted by Crippen LogP contribution is -2.38. The number of carbonyl (C=O) groups is 3. The third kappa shape index (κ3) is 6.02. The first-order valence-corrected chi connectivity index (χ1v) is 10.3. The third-order valence-electron chi connectivity index (χ3n) is 4.48. The molecule has 1 aromatic heterocycles. The molecule has 0 atom stereocenters. The lowest BCUT2D eigenvalue weighted by atomic mass is 10.2. The number of ether oxygens (including phenoxy) is 1. The van der Waals surface area contributed by atoms with Gasteiger partial charge >= 0.3 is 0 Å². The summed E-state index contributed by atoms with van der Waals surface area (Å²) in [6, 6.07) is 7.03. The largest absolute Gasteiger partial charge is 0.497 e. The van der Waals surface area contributed by atoms with Crippen molar-refractivity contribution in [3.8, 4) is 5.75 Å². The minimum Gasteiger partial charge on any atom is -0.497 e. The van der Waals surface area contributed by atoms with Crippen LogP contribution < -0.4 is 15.4 Å². The smallest absolute Gasteiger partial charge is 0.243 e. The molecule has 1 aliphatic rings. The van der Waals surface area contributed by atoms with E-state index in [0.717, 1.165) is 12.8 Å². The summed E-state index contributed by atoms with van der Waals surface area (Å²) in [7, 11) is 1.56. The Morgan fingerprint density at radius 1 is 1.28 bits per heavy atom. The number of hydrogen-bond acceptors (Lipinski definition) is 6. The monoisotopic (exact) mass is 416 g/mol. The molecule has 0 bridgehead atoms. The fraction of sp³-hybridized carbons (Fsp3) is 0.400. The van der Waals surface area contributed by atoms with E-state index < -0.39 is 0 Å². The Kier molecular flexibility index (Phi) is 6.82. The molecular weight excluding hydrogens is 392 g/mol. The van der Waals surface area contributed by atoms with E-state index in [9.17, 15) is 14.4 Å². The van der Waals surface area contributed by atoms with E-state index in [1.807, 2.05) is 6.92 Å². The predicted molar refractivity (Wildman–Crippen MR) is 111 cm³/mol. The van der Waals surface area contributed by atoms with Crippen LogP contribution in [-0.2, 0) is 20.8 Å².